The summed E-state index contributed by atoms with van der Waals surface area (Å²) in [5.74, 6) is -1.48. The molecule has 5 nitrogen and oxygen atoms in total. The molecular weight excluding hydrogens is 794 g/mol. The fourth-order valence-electron chi connectivity index (χ4n) is 8.94. The van der Waals surface area contributed by atoms with Crippen LogP contribution in [0.5, 0.6) is 0 Å². The normalized spacial score (nSPS) is 13.1. The molecule has 0 rings (SSSR count). The molecule has 2 atom stereocenters. The molecule has 0 heterocycles. The lowest BCUT2D eigenvalue weighted by atomic mass is 9.85. The first-order chi connectivity index (χ1) is 30.5. The van der Waals surface area contributed by atoms with Crippen LogP contribution < -0.4 is 0 Å². The van der Waals surface area contributed by atoms with Crippen LogP contribution in [-0.2, 0) is 14.4 Å². The molecule has 0 saturated carbocycles. The fourth-order valence-corrected chi connectivity index (χ4v) is 10.5. The molecule has 370 valence electrons. The van der Waals surface area contributed by atoms with Gasteiger partial charge >= 0.3 is 0 Å². The summed E-state index contributed by atoms with van der Waals surface area (Å²) in [7, 11) is 5.54. The smallest absolute Gasteiger partial charge is 0.237 e. The van der Waals surface area contributed by atoms with E-state index in [2.05, 4.69) is 45.1 Å². The zero-order valence-corrected chi connectivity index (χ0v) is 44.2. The van der Waals surface area contributed by atoms with E-state index in [0.29, 0.717) is 19.3 Å². The molecule has 1 N–H and O–H groups in total. The van der Waals surface area contributed by atoms with Gasteiger partial charge in [-0.2, -0.15) is 0 Å². The predicted molar refractivity (Wildman–Crippen MR) is 279 cm³/mol. The average Bonchev–Trinajstić information content (AvgIpc) is 3.26. The number of likely N-dealkylation sites (N-methyl/N-ethyl adjacent to an activating group) is 1. The first-order valence-corrected chi connectivity index (χ1v) is 28.8. The largest absolute Gasteiger partial charge is 0.370 e. The SMILES string of the molecule is CCCCCCCC/C=C\CCCCCCCC(=O)C(O)(C(=O)CCCCCCC/C=C\CCCCCCCC)C(PC(=O)CCCCCCCCCCCCCCC)[N+](C)(C)C. The van der Waals surface area contributed by atoms with Crippen LogP contribution in [-0.4, -0.2) is 59.2 Å². The predicted octanol–water partition coefficient (Wildman–Crippen LogP) is 17.6. The van der Waals surface area contributed by atoms with Crippen molar-refractivity contribution in [3.63, 3.8) is 0 Å². The maximum atomic E-state index is 14.2. The minimum absolute atomic E-state index is 0.0946. The van der Waals surface area contributed by atoms with Gasteiger partial charge in [0.25, 0.3) is 0 Å². The summed E-state index contributed by atoms with van der Waals surface area (Å²) in [4.78, 5) is 41.9. The third-order valence-electron chi connectivity index (χ3n) is 13.2. The highest BCUT2D eigenvalue weighted by atomic mass is 31.1. The van der Waals surface area contributed by atoms with E-state index in [-0.39, 0.29) is 43.0 Å². The number of carbonyl (C=O) groups is 3. The number of hydrogen-bond donors (Lipinski definition) is 1. The summed E-state index contributed by atoms with van der Waals surface area (Å²) in [5, 5.41) is 12.4. The molecule has 0 aliphatic heterocycles. The summed E-state index contributed by atoms with van der Waals surface area (Å²) in [6, 6.07) is 0. The topological polar surface area (TPSA) is 71.4 Å². The van der Waals surface area contributed by atoms with Crippen molar-refractivity contribution in [3.8, 4) is 0 Å². The van der Waals surface area contributed by atoms with E-state index in [1.165, 1.54) is 154 Å². The van der Waals surface area contributed by atoms with Crippen LogP contribution in [0.3, 0.4) is 0 Å². The van der Waals surface area contributed by atoms with Gasteiger partial charge in [0, 0.05) is 27.8 Å². The lowest BCUT2D eigenvalue weighted by molar-refractivity contribution is -0.885. The van der Waals surface area contributed by atoms with Gasteiger partial charge < -0.3 is 9.59 Å². The maximum Gasteiger partial charge on any atom is 0.237 e. The number of hydrogen-bond acceptors (Lipinski definition) is 4. The van der Waals surface area contributed by atoms with Crippen LogP contribution in [0.2, 0.25) is 0 Å². The molecule has 0 fully saturated rings. The zero-order chi connectivity index (χ0) is 46.5. The molecule has 0 aliphatic carbocycles. The van der Waals surface area contributed by atoms with Crippen molar-refractivity contribution >= 4 is 25.7 Å². The fraction of sp³-hybridized carbons (Fsp3) is 0.877. The molecule has 0 aliphatic rings. The molecule has 2 unspecified atom stereocenters. The molecule has 0 amide bonds. The van der Waals surface area contributed by atoms with Crippen LogP contribution in [0.1, 0.15) is 290 Å². The van der Waals surface area contributed by atoms with Gasteiger partial charge in [0.1, 0.15) is 0 Å². The van der Waals surface area contributed by atoms with Gasteiger partial charge in [-0.3, -0.25) is 14.4 Å². The first kappa shape index (κ1) is 61.8. The quantitative estimate of drug-likeness (QED) is 0.0217. The van der Waals surface area contributed by atoms with E-state index >= 15 is 0 Å². The summed E-state index contributed by atoms with van der Waals surface area (Å²) in [6.45, 7) is 6.80. The Morgan fingerprint density at radius 3 is 0.905 bits per heavy atom. The maximum absolute atomic E-state index is 14.2. The second-order valence-electron chi connectivity index (χ2n) is 20.4. The number of ketones is 2. The van der Waals surface area contributed by atoms with Crippen LogP contribution >= 0.6 is 8.58 Å². The van der Waals surface area contributed by atoms with Gasteiger partial charge in [0.2, 0.25) is 5.60 Å². The van der Waals surface area contributed by atoms with E-state index in [9.17, 15) is 19.5 Å². The Morgan fingerprint density at radius 1 is 0.397 bits per heavy atom. The van der Waals surface area contributed by atoms with Crippen LogP contribution in [0, 0.1) is 0 Å². The van der Waals surface area contributed by atoms with E-state index in [1.54, 1.807) is 0 Å². The van der Waals surface area contributed by atoms with E-state index < -0.39 is 11.4 Å². The molecule has 0 bridgehead atoms. The summed E-state index contributed by atoms with van der Waals surface area (Å²) >= 11 is 0. The number of unbranched alkanes of at least 4 members (excludes halogenated alkanes) is 34. The van der Waals surface area contributed by atoms with E-state index in [1.807, 2.05) is 21.1 Å². The second kappa shape index (κ2) is 44.7. The van der Waals surface area contributed by atoms with Crippen molar-refractivity contribution < 1.29 is 24.0 Å². The third kappa shape index (κ3) is 36.6. The minimum atomic E-state index is -2.12. The first-order valence-electron chi connectivity index (χ1n) is 27.7. The van der Waals surface area contributed by atoms with Crippen LogP contribution in [0.25, 0.3) is 0 Å². The highest BCUT2D eigenvalue weighted by molar-refractivity contribution is 7.58. The van der Waals surface area contributed by atoms with Gasteiger partial charge in [-0.15, -0.1) is 0 Å². The summed E-state index contributed by atoms with van der Waals surface area (Å²) in [5.41, 5.74) is -2.03. The highest BCUT2D eigenvalue weighted by Crippen LogP contribution is 2.39. The minimum Gasteiger partial charge on any atom is -0.370 e. The Labute approximate surface area is 395 Å². The standard InChI is InChI=1S/C57H109NO4P/c1-7-10-13-16-19-22-25-28-30-33-35-38-41-44-47-50-53(59)57(62,54(60)51-48-45-42-39-36-34-31-29-26-23-20-17-14-11-8-2)56(58(4,5)6)63-55(61)52-49-46-43-40-37-32-27-24-21-18-15-12-9-3/h28-31,56,62-63H,7-27,32-52H2,1-6H3/q+1/b30-28-,31-29-. The number of quaternary nitrogens is 1. The van der Waals surface area contributed by atoms with Crippen molar-refractivity contribution in [2.24, 2.45) is 0 Å². The Kier molecular flexibility index (Phi) is 43.8. The number of Topliss-reactive ketones (excluding diaryl/α,β-unsaturated/α-hetero) is 2. The van der Waals surface area contributed by atoms with Crippen molar-refractivity contribution in [1.29, 1.82) is 0 Å². The molecule has 0 radical (unpaired) electrons. The molecule has 0 saturated heterocycles. The van der Waals surface area contributed by atoms with Crippen molar-refractivity contribution in [2.75, 3.05) is 21.1 Å². The Bertz CT molecular complexity index is 1060. The molecular formula is C57H109NO4P+. The lowest BCUT2D eigenvalue weighted by Crippen LogP contribution is -2.64. The highest BCUT2D eigenvalue weighted by Gasteiger charge is 2.55. The Balaban J connectivity index is 5.06. The van der Waals surface area contributed by atoms with Crippen molar-refractivity contribution in [1.82, 2.24) is 0 Å². The number of rotatable bonds is 50. The van der Waals surface area contributed by atoms with Gasteiger partial charge in [-0.1, -0.05) is 225 Å². The number of nitrogens with zero attached hydrogens (tertiary/aromatic N) is 1. The van der Waals surface area contributed by atoms with Crippen LogP contribution in [0.4, 0.5) is 0 Å². The Hall–Kier alpha value is -1.16. The average molecular weight is 903 g/mol. The summed E-state index contributed by atoms with van der Waals surface area (Å²) in [6.07, 6.45) is 57.1. The molecule has 0 spiro atoms. The van der Waals surface area contributed by atoms with Crippen LogP contribution in [0.15, 0.2) is 24.3 Å². The molecule has 0 aromatic heterocycles. The van der Waals surface area contributed by atoms with Crippen molar-refractivity contribution in [2.45, 2.75) is 302 Å². The summed E-state index contributed by atoms with van der Waals surface area (Å²) < 4.78 is 0.218. The Morgan fingerprint density at radius 2 is 0.635 bits per heavy atom. The van der Waals surface area contributed by atoms with E-state index in [0.717, 1.165) is 83.5 Å². The molecule has 0 aromatic carbocycles. The number of carbonyl (C=O) groups excluding carboxylic acids is 3. The number of aliphatic hydroxyl groups is 1. The molecule has 6 heteroatoms. The van der Waals surface area contributed by atoms with Gasteiger partial charge in [0.15, 0.2) is 22.9 Å². The van der Waals surface area contributed by atoms with Gasteiger partial charge in [-0.25, -0.2) is 0 Å². The lowest BCUT2D eigenvalue weighted by Gasteiger charge is -2.42. The molecule has 0 aromatic rings. The second-order valence-corrected chi connectivity index (χ2v) is 21.8. The monoisotopic (exact) mass is 903 g/mol. The van der Waals surface area contributed by atoms with Gasteiger partial charge in [0.05, 0.1) is 21.1 Å². The van der Waals surface area contributed by atoms with Gasteiger partial charge in [-0.05, 0) is 70.6 Å². The number of allylic oxidation sites excluding steroid dienone is 4. The molecule has 63 heavy (non-hydrogen) atoms. The van der Waals surface area contributed by atoms with Crippen molar-refractivity contribution in [3.05, 3.63) is 24.3 Å². The zero-order valence-electron chi connectivity index (χ0n) is 43.2. The third-order valence-corrected chi connectivity index (χ3v) is 15.2. The van der Waals surface area contributed by atoms with E-state index in [4.69, 9.17) is 0 Å².